The molecule has 3 aromatic rings. The number of aromatic nitrogens is 3. The van der Waals surface area contributed by atoms with Gasteiger partial charge in [0, 0.05) is 17.4 Å². The number of imidazole rings is 1. The molecule has 0 amide bonds. The summed E-state index contributed by atoms with van der Waals surface area (Å²) in [5, 5.41) is 11.3. The molecule has 1 aromatic carbocycles. The highest BCUT2D eigenvalue weighted by molar-refractivity contribution is 5.74. The van der Waals surface area contributed by atoms with Crippen LogP contribution in [-0.2, 0) is 19.9 Å². The number of para-hydroxylation sites is 2. The molecule has 2 unspecified atom stereocenters. The summed E-state index contributed by atoms with van der Waals surface area (Å²) in [6.45, 7) is 4.88. The lowest BCUT2D eigenvalue weighted by Gasteiger charge is -2.60. The zero-order valence-electron chi connectivity index (χ0n) is 20.7. The number of hydrogen-bond acceptors (Lipinski definition) is 2. The second-order valence-electron chi connectivity index (χ2n) is 12.5. The molecule has 3 saturated carbocycles. The maximum absolute atomic E-state index is 11.3. The first-order valence-electron chi connectivity index (χ1n) is 13.3. The molecular weight excluding hydrogens is 418 g/mol. The number of fused-ring (bicyclic) bond motifs is 9. The van der Waals surface area contributed by atoms with Gasteiger partial charge in [-0.1, -0.05) is 36.9 Å². The third-order valence-electron chi connectivity index (χ3n) is 11.4. The fourth-order valence-corrected chi connectivity index (χ4v) is 9.37. The van der Waals surface area contributed by atoms with Gasteiger partial charge in [-0.15, -0.1) is 6.42 Å². The van der Waals surface area contributed by atoms with Crippen LogP contribution in [0.15, 0.2) is 30.5 Å². The normalized spacial score (nSPS) is 40.9. The maximum atomic E-state index is 11.3. The summed E-state index contributed by atoms with van der Waals surface area (Å²) < 4.78 is 4.54. The van der Waals surface area contributed by atoms with Crippen molar-refractivity contribution >= 4 is 16.8 Å². The van der Waals surface area contributed by atoms with E-state index in [0.29, 0.717) is 29.1 Å². The van der Waals surface area contributed by atoms with Gasteiger partial charge in [0.2, 0.25) is 0 Å². The standard InChI is InChI=1S/C30H36N3O/c1-5-30(34)15-13-23-21-11-10-20-16-24-19(17-28(20,2)22(21)12-14-29(23,30)3)18-33-26-9-7-6-8-25(26)32(4)27(33)31-24/h1,6-9,18,20-23,34H,10-17H2,2-4H3/q+1/t20-,21?,22?,23-,28-,29-,30-/m0/s1. The molecule has 1 N–H and O–H groups in total. The molecule has 7 rings (SSSR count). The summed E-state index contributed by atoms with van der Waals surface area (Å²) in [6.07, 6.45) is 17.2. The Labute approximate surface area is 202 Å². The number of terminal acetylenes is 1. The van der Waals surface area contributed by atoms with Gasteiger partial charge < -0.3 is 5.11 Å². The van der Waals surface area contributed by atoms with Crippen LogP contribution in [0.1, 0.15) is 63.6 Å². The molecule has 0 saturated heterocycles. The minimum Gasteiger partial charge on any atom is -0.377 e. The molecule has 0 aliphatic heterocycles. The second-order valence-corrected chi connectivity index (χ2v) is 12.5. The van der Waals surface area contributed by atoms with Crippen LogP contribution in [-0.4, -0.2) is 20.1 Å². The van der Waals surface area contributed by atoms with Crippen molar-refractivity contribution in [2.45, 2.75) is 70.8 Å². The van der Waals surface area contributed by atoms with Crippen LogP contribution in [0, 0.1) is 46.8 Å². The molecule has 4 aliphatic rings. The highest BCUT2D eigenvalue weighted by atomic mass is 16.3. The topological polar surface area (TPSA) is 41.4 Å². The van der Waals surface area contributed by atoms with E-state index in [0.717, 1.165) is 37.9 Å². The van der Waals surface area contributed by atoms with Crippen LogP contribution in [0.4, 0.5) is 0 Å². The Morgan fingerprint density at radius 3 is 2.74 bits per heavy atom. The summed E-state index contributed by atoms with van der Waals surface area (Å²) >= 11 is 0. The summed E-state index contributed by atoms with van der Waals surface area (Å²) in [6, 6.07) is 8.62. The van der Waals surface area contributed by atoms with Gasteiger partial charge in [-0.25, -0.2) is 4.57 Å². The number of nitrogens with zero attached hydrogens (tertiary/aromatic N) is 3. The van der Waals surface area contributed by atoms with E-state index in [1.807, 2.05) is 0 Å². The molecule has 7 atom stereocenters. The van der Waals surface area contributed by atoms with Crippen molar-refractivity contribution in [3.8, 4) is 12.3 Å². The number of benzene rings is 1. The second kappa shape index (κ2) is 6.64. The van der Waals surface area contributed by atoms with Crippen LogP contribution in [0.5, 0.6) is 0 Å². The Morgan fingerprint density at radius 1 is 1.12 bits per heavy atom. The summed E-state index contributed by atoms with van der Waals surface area (Å²) in [5.74, 6) is 6.53. The highest BCUT2D eigenvalue weighted by Gasteiger charge is 2.64. The van der Waals surface area contributed by atoms with E-state index in [-0.39, 0.29) is 5.41 Å². The van der Waals surface area contributed by atoms with Gasteiger partial charge in [0.05, 0.1) is 13.2 Å². The van der Waals surface area contributed by atoms with E-state index in [4.69, 9.17) is 11.4 Å². The highest BCUT2D eigenvalue weighted by Crippen LogP contribution is 2.67. The predicted molar refractivity (Wildman–Crippen MR) is 133 cm³/mol. The van der Waals surface area contributed by atoms with Crippen molar-refractivity contribution in [2.75, 3.05) is 0 Å². The average molecular weight is 455 g/mol. The molecule has 2 aromatic heterocycles. The Balaban J connectivity index is 1.30. The number of aliphatic hydroxyl groups is 1. The van der Waals surface area contributed by atoms with Gasteiger partial charge in [0.15, 0.2) is 0 Å². The van der Waals surface area contributed by atoms with E-state index >= 15 is 0 Å². The predicted octanol–water partition coefficient (Wildman–Crippen LogP) is 4.63. The fraction of sp³-hybridized carbons (Fsp3) is 0.600. The molecule has 0 bridgehead atoms. The van der Waals surface area contributed by atoms with Gasteiger partial charge in [0.25, 0.3) is 0 Å². The Bertz CT molecular complexity index is 1380. The lowest BCUT2D eigenvalue weighted by Crippen LogP contribution is -2.56. The molecule has 34 heavy (non-hydrogen) atoms. The Morgan fingerprint density at radius 2 is 1.91 bits per heavy atom. The van der Waals surface area contributed by atoms with E-state index in [1.54, 1.807) is 0 Å². The van der Waals surface area contributed by atoms with Crippen molar-refractivity contribution in [1.29, 1.82) is 0 Å². The lowest BCUT2D eigenvalue weighted by atomic mass is 9.44. The Kier molecular flexibility index (Phi) is 4.09. The van der Waals surface area contributed by atoms with Crippen LogP contribution in [0.2, 0.25) is 0 Å². The monoisotopic (exact) mass is 454 g/mol. The average Bonchev–Trinajstić information content (AvgIpc) is 3.27. The Hall–Kier alpha value is -2.38. The lowest BCUT2D eigenvalue weighted by molar-refractivity contribution is -0.620. The van der Waals surface area contributed by atoms with Gasteiger partial charge in [-0.3, -0.25) is 0 Å². The molecular formula is C30H36N3O+. The third kappa shape index (κ3) is 2.40. The van der Waals surface area contributed by atoms with Gasteiger partial charge in [-0.2, -0.15) is 4.40 Å². The molecule has 4 nitrogen and oxygen atoms in total. The molecule has 0 radical (unpaired) electrons. The van der Waals surface area contributed by atoms with Crippen molar-refractivity contribution in [3.05, 3.63) is 41.7 Å². The van der Waals surface area contributed by atoms with Crippen molar-refractivity contribution in [2.24, 2.45) is 41.5 Å². The molecule has 2 heterocycles. The number of hydrogen-bond donors (Lipinski definition) is 1. The van der Waals surface area contributed by atoms with Gasteiger partial charge in [0.1, 0.15) is 22.3 Å². The van der Waals surface area contributed by atoms with Crippen LogP contribution in [0.25, 0.3) is 16.8 Å². The quantitative estimate of drug-likeness (QED) is 0.397. The minimum absolute atomic E-state index is 0.120. The number of rotatable bonds is 0. The summed E-state index contributed by atoms with van der Waals surface area (Å²) in [4.78, 5) is 5.24. The summed E-state index contributed by atoms with van der Waals surface area (Å²) in [7, 11) is 2.13. The van der Waals surface area contributed by atoms with Crippen LogP contribution in [0.3, 0.4) is 0 Å². The molecule has 4 heteroatoms. The van der Waals surface area contributed by atoms with Crippen molar-refractivity contribution in [3.63, 3.8) is 0 Å². The first-order valence-corrected chi connectivity index (χ1v) is 13.3. The minimum atomic E-state index is -0.917. The zero-order valence-corrected chi connectivity index (χ0v) is 20.7. The molecule has 176 valence electrons. The first kappa shape index (κ1) is 20.9. The van der Waals surface area contributed by atoms with Crippen LogP contribution < -0.4 is 4.57 Å². The van der Waals surface area contributed by atoms with Crippen LogP contribution >= 0.6 is 0 Å². The molecule has 4 aliphatic carbocycles. The molecule has 0 spiro atoms. The van der Waals surface area contributed by atoms with Crippen molar-refractivity contribution in [1.82, 2.24) is 9.38 Å². The SMILES string of the molecule is C#C[C@]1(O)CC[C@H]2C3CC[C@H]4Cc5nc6n(cc5C[C@]4(C)C3CC[C@@]21C)c1ccccc1[n+]6C. The van der Waals surface area contributed by atoms with Gasteiger partial charge in [-0.05, 0) is 86.2 Å². The van der Waals surface area contributed by atoms with E-state index in [1.165, 1.54) is 41.6 Å². The zero-order chi connectivity index (χ0) is 23.5. The van der Waals surface area contributed by atoms with E-state index in [9.17, 15) is 5.11 Å². The smallest absolute Gasteiger partial charge is 0.377 e. The van der Waals surface area contributed by atoms with Gasteiger partial charge >= 0.3 is 5.78 Å². The summed E-state index contributed by atoms with van der Waals surface area (Å²) in [5.41, 5.74) is 4.48. The molecule has 3 fully saturated rings. The first-order chi connectivity index (χ1) is 16.3. The number of aryl methyl sites for hydroxylation is 1. The van der Waals surface area contributed by atoms with Crippen molar-refractivity contribution < 1.29 is 9.67 Å². The third-order valence-corrected chi connectivity index (χ3v) is 11.4. The fourth-order valence-electron chi connectivity index (χ4n) is 9.37. The largest absolute Gasteiger partial charge is 0.404 e. The van der Waals surface area contributed by atoms with E-state index < -0.39 is 5.60 Å². The van der Waals surface area contributed by atoms with E-state index in [2.05, 4.69) is 66.2 Å². The maximum Gasteiger partial charge on any atom is 0.404 e.